The van der Waals surface area contributed by atoms with Crippen molar-refractivity contribution < 1.29 is 75.1 Å². The van der Waals surface area contributed by atoms with Gasteiger partial charge in [0, 0.05) is 50.7 Å². The topological polar surface area (TPSA) is 338 Å². The van der Waals surface area contributed by atoms with Gasteiger partial charge in [-0.3, -0.25) is 40.4 Å². The number of hydrogen-bond donors (Lipinski definition) is 4. The number of cyclic esters (lactones) is 2. The Labute approximate surface area is 447 Å². The van der Waals surface area contributed by atoms with Crippen LogP contribution in [0.15, 0.2) is 58.1 Å². The first-order valence-electron chi connectivity index (χ1n) is 25.3. The van der Waals surface area contributed by atoms with Crippen LogP contribution in [0.4, 0.5) is 51.0 Å². The standard InChI is InChI=1S/2C25H22FN7O7/c2*1-10-8-32-16-12(7-25(18(32)11(2)39-10)21(34)29-23(36)30-22(25)35)6-13-17(15(16)26)40-31-20(13)33-14(9-38-24(33)37)19-27-4-3-5-28-19/h2*3-6,10-11,14,18H,7-9H2,1-2H3,(H2,29,30,34,35,36)/t10-,11+,14+,18-;10-,11+,14-,18-/m11/s1. The molecule has 8 atom stereocenters. The second-order valence-corrected chi connectivity index (χ2v) is 20.6. The molecule has 6 fully saturated rings. The van der Waals surface area contributed by atoms with Crippen LogP contribution in [0.3, 0.4) is 0 Å². The van der Waals surface area contributed by atoms with Gasteiger partial charge in [0.1, 0.15) is 25.3 Å². The van der Waals surface area contributed by atoms with E-state index in [2.05, 4.69) is 51.5 Å². The predicted molar refractivity (Wildman–Crippen MR) is 263 cm³/mol. The average Bonchev–Trinajstić information content (AvgIpc) is 4.37. The van der Waals surface area contributed by atoms with Gasteiger partial charge in [-0.05, 0) is 63.1 Å². The molecule has 30 heteroatoms. The molecule has 0 bridgehead atoms. The smallest absolute Gasteiger partial charge is 0.416 e. The van der Waals surface area contributed by atoms with Crippen LogP contribution in [0.25, 0.3) is 21.9 Å². The van der Waals surface area contributed by atoms with Crippen molar-refractivity contribution in [3.05, 3.63) is 83.5 Å². The van der Waals surface area contributed by atoms with Crippen LogP contribution in [0.5, 0.6) is 0 Å². The van der Waals surface area contributed by atoms with Crippen molar-refractivity contribution >= 4 is 92.8 Å². The number of nitrogens with zero attached hydrogens (tertiary/aromatic N) is 10. The lowest BCUT2D eigenvalue weighted by Gasteiger charge is -2.55. The number of hydrogen-bond acceptors (Lipinski definition) is 22. The van der Waals surface area contributed by atoms with Gasteiger partial charge < -0.3 is 37.8 Å². The molecule has 0 saturated carbocycles. The van der Waals surface area contributed by atoms with Crippen molar-refractivity contribution in [2.75, 3.05) is 45.9 Å². The number of ether oxygens (including phenoxy) is 4. The summed E-state index contributed by atoms with van der Waals surface area (Å²) in [7, 11) is 0. The third-order valence-corrected chi connectivity index (χ3v) is 15.9. The minimum atomic E-state index is -1.80. The summed E-state index contributed by atoms with van der Waals surface area (Å²) in [5.74, 6) is -4.20. The first-order valence-corrected chi connectivity index (χ1v) is 25.3. The molecule has 8 aliphatic heterocycles. The lowest BCUT2D eigenvalue weighted by molar-refractivity contribution is -0.154. The molecule has 80 heavy (non-hydrogen) atoms. The molecule has 2 aromatic carbocycles. The SMILES string of the molecule is C[C@@H]1CN2c3c(cc4c(N5C(=O)OC[C@@H]5c5ncccn5)noc4c3F)CC3(C(=O)NC(=O)NC3=O)[C@H]2[C@H](C)O1.C[C@@H]1CN2c3c(cc4c(N5C(=O)OC[C@H]5c5ncccn5)noc4c3F)CC3(C(=O)NC(=O)NC3=O)[C@H]2[C@H](C)O1. The molecule has 2 spiro atoms. The summed E-state index contributed by atoms with van der Waals surface area (Å²) in [6, 6.07) is 1.14. The van der Waals surface area contributed by atoms with Crippen molar-refractivity contribution in [1.29, 1.82) is 0 Å². The summed E-state index contributed by atoms with van der Waals surface area (Å²) in [4.78, 5) is 126. The minimum absolute atomic E-state index is 0.0238. The van der Waals surface area contributed by atoms with E-state index < -0.39 is 107 Å². The third-order valence-electron chi connectivity index (χ3n) is 15.9. The van der Waals surface area contributed by atoms with Crippen LogP contribution in [0, 0.1) is 22.5 Å². The zero-order valence-corrected chi connectivity index (χ0v) is 42.4. The normalized spacial score (nSPS) is 27.4. The van der Waals surface area contributed by atoms with E-state index in [9.17, 15) is 38.4 Å². The molecule has 6 saturated heterocycles. The predicted octanol–water partition coefficient (Wildman–Crippen LogP) is 2.69. The number of barbiturate groups is 2. The Hall–Kier alpha value is -9.32. The maximum absolute atomic E-state index is 16.4. The van der Waals surface area contributed by atoms with E-state index >= 15 is 8.78 Å². The van der Waals surface area contributed by atoms with Gasteiger partial charge in [0.25, 0.3) is 0 Å². The minimum Gasteiger partial charge on any atom is -0.446 e. The Balaban J connectivity index is 0.000000151. The van der Waals surface area contributed by atoms with E-state index in [1.165, 1.54) is 34.6 Å². The van der Waals surface area contributed by atoms with Gasteiger partial charge >= 0.3 is 24.2 Å². The summed E-state index contributed by atoms with van der Waals surface area (Å²) < 4.78 is 66.1. The van der Waals surface area contributed by atoms with Gasteiger partial charge in [0.2, 0.25) is 34.8 Å². The van der Waals surface area contributed by atoms with Gasteiger partial charge in [-0.1, -0.05) is 10.3 Å². The molecular weight excluding hydrogens is 1060 g/mol. The summed E-state index contributed by atoms with van der Waals surface area (Å²) in [6.07, 6.45) is 2.02. The fourth-order valence-corrected chi connectivity index (χ4v) is 12.9. The second kappa shape index (κ2) is 18.1. The first kappa shape index (κ1) is 50.2. The van der Waals surface area contributed by atoms with Gasteiger partial charge in [-0.15, -0.1) is 0 Å². The molecule has 10 amide bonds. The fraction of sp³-hybridized carbons (Fsp3) is 0.400. The molecule has 4 N–H and O–H groups in total. The van der Waals surface area contributed by atoms with Crippen molar-refractivity contribution in [3.63, 3.8) is 0 Å². The quantitative estimate of drug-likeness (QED) is 0.184. The monoisotopic (exact) mass is 1100 g/mol. The molecule has 8 aliphatic rings. The average molecular weight is 1100 g/mol. The van der Waals surface area contributed by atoms with Gasteiger partial charge in [0.15, 0.2) is 45.7 Å². The second-order valence-electron chi connectivity index (χ2n) is 20.6. The molecular formula is C50H44F2N14O14. The Kier molecular flexibility index (Phi) is 11.4. The Morgan fingerprint density at radius 2 is 0.912 bits per heavy atom. The number of halogens is 2. The number of carbonyl (C=O) groups is 8. The number of morpholine rings is 2. The number of benzene rings is 2. The molecule has 14 rings (SSSR count). The number of urea groups is 2. The van der Waals surface area contributed by atoms with E-state index in [4.69, 9.17) is 28.0 Å². The molecule has 4 aromatic heterocycles. The summed E-state index contributed by atoms with van der Waals surface area (Å²) >= 11 is 0. The van der Waals surface area contributed by atoms with Crippen LogP contribution in [-0.4, -0.2) is 141 Å². The molecule has 12 heterocycles. The number of carbonyl (C=O) groups excluding carboxylic acids is 8. The zero-order chi connectivity index (χ0) is 55.8. The third kappa shape index (κ3) is 7.22. The van der Waals surface area contributed by atoms with Crippen molar-refractivity contribution in [1.82, 2.24) is 51.5 Å². The van der Waals surface area contributed by atoms with Gasteiger partial charge in [-0.2, -0.15) is 0 Å². The van der Waals surface area contributed by atoms with Gasteiger partial charge in [-0.25, -0.2) is 57.7 Å². The summed E-state index contributed by atoms with van der Waals surface area (Å²) in [5, 5.41) is 17.1. The highest BCUT2D eigenvalue weighted by Gasteiger charge is 2.65. The Morgan fingerprint density at radius 3 is 1.27 bits per heavy atom. The molecule has 0 radical (unpaired) electrons. The number of amides is 10. The van der Waals surface area contributed by atoms with E-state index in [1.807, 2.05) is 0 Å². The maximum Gasteiger partial charge on any atom is 0.416 e. The van der Waals surface area contributed by atoms with Crippen LogP contribution in [-0.2, 0) is 51.0 Å². The molecule has 412 valence electrons. The number of nitrogens with one attached hydrogen (secondary N) is 4. The number of anilines is 4. The van der Waals surface area contributed by atoms with Gasteiger partial charge in [0.05, 0.1) is 58.6 Å². The van der Waals surface area contributed by atoms with E-state index in [1.54, 1.807) is 61.8 Å². The zero-order valence-electron chi connectivity index (χ0n) is 42.4. The van der Waals surface area contributed by atoms with Crippen LogP contribution in [0.2, 0.25) is 0 Å². The molecule has 28 nitrogen and oxygen atoms in total. The maximum atomic E-state index is 16.4. The number of aromatic nitrogens is 6. The Bertz CT molecular complexity index is 3420. The Morgan fingerprint density at radius 1 is 0.550 bits per heavy atom. The van der Waals surface area contributed by atoms with Crippen LogP contribution >= 0.6 is 0 Å². The summed E-state index contributed by atoms with van der Waals surface area (Å²) in [6.45, 7) is 7.19. The van der Waals surface area contributed by atoms with Crippen molar-refractivity contribution in [3.8, 4) is 0 Å². The van der Waals surface area contributed by atoms with Crippen LogP contribution in [0.1, 0.15) is 62.6 Å². The molecule has 0 aliphatic carbocycles. The lowest BCUT2D eigenvalue weighted by atomic mass is 9.66. The van der Waals surface area contributed by atoms with Crippen LogP contribution < -0.4 is 40.9 Å². The highest BCUT2D eigenvalue weighted by atomic mass is 19.1. The van der Waals surface area contributed by atoms with E-state index in [0.29, 0.717) is 22.8 Å². The largest absolute Gasteiger partial charge is 0.446 e. The first-order chi connectivity index (χ1) is 38.4. The van der Waals surface area contributed by atoms with Crippen molar-refractivity contribution in [2.24, 2.45) is 10.8 Å². The highest BCUT2D eigenvalue weighted by Crippen LogP contribution is 2.52. The highest BCUT2D eigenvalue weighted by molar-refractivity contribution is 6.22. The molecule has 6 aromatic rings. The lowest BCUT2D eigenvalue weighted by Crippen LogP contribution is -2.75. The van der Waals surface area contributed by atoms with E-state index in [-0.39, 0.29) is 96.3 Å². The number of imide groups is 4. The molecule has 0 unspecified atom stereocenters. The van der Waals surface area contributed by atoms with Crippen molar-refractivity contribution in [2.45, 2.75) is 89.1 Å². The number of fused-ring (bicyclic) bond motifs is 10. The number of rotatable bonds is 4. The fourth-order valence-electron chi connectivity index (χ4n) is 12.9. The summed E-state index contributed by atoms with van der Waals surface area (Å²) in [5.41, 5.74) is -3.16. The van der Waals surface area contributed by atoms with E-state index in [0.717, 1.165) is 0 Å².